The van der Waals surface area contributed by atoms with Gasteiger partial charge >= 0.3 is 0 Å². The summed E-state index contributed by atoms with van der Waals surface area (Å²) in [6.07, 6.45) is 20.7. The van der Waals surface area contributed by atoms with Crippen LogP contribution in [0, 0.1) is 5.41 Å². The van der Waals surface area contributed by atoms with Crippen molar-refractivity contribution in [2.45, 2.75) is 66.2 Å². The first-order valence-corrected chi connectivity index (χ1v) is 7.01. The van der Waals surface area contributed by atoms with Crippen molar-refractivity contribution in [1.82, 2.24) is 0 Å². The van der Waals surface area contributed by atoms with Gasteiger partial charge in [0.2, 0.25) is 0 Å². The van der Waals surface area contributed by atoms with E-state index in [0.29, 0.717) is 5.41 Å². The van der Waals surface area contributed by atoms with Gasteiger partial charge < -0.3 is 0 Å². The zero-order valence-electron chi connectivity index (χ0n) is 12.2. The molecule has 98 valence electrons. The van der Waals surface area contributed by atoms with E-state index in [1.54, 1.807) is 0 Å². The first-order chi connectivity index (χ1) is 8.06. The molecule has 0 rings (SSSR count). The fraction of sp³-hybridized carbons (Fsp3) is 0.647. The van der Waals surface area contributed by atoms with E-state index in [-0.39, 0.29) is 0 Å². The van der Waals surface area contributed by atoms with Gasteiger partial charge in [0.25, 0.3) is 0 Å². The van der Waals surface area contributed by atoms with Crippen molar-refractivity contribution < 1.29 is 0 Å². The van der Waals surface area contributed by atoms with Crippen LogP contribution in [0.5, 0.6) is 0 Å². The van der Waals surface area contributed by atoms with Gasteiger partial charge in [0, 0.05) is 0 Å². The first-order valence-electron chi connectivity index (χ1n) is 7.01. The van der Waals surface area contributed by atoms with E-state index in [1.165, 1.54) is 19.3 Å². The van der Waals surface area contributed by atoms with Gasteiger partial charge in [-0.3, -0.25) is 0 Å². The van der Waals surface area contributed by atoms with Crippen molar-refractivity contribution in [3.05, 3.63) is 36.5 Å². The summed E-state index contributed by atoms with van der Waals surface area (Å²) in [6, 6.07) is 0. The van der Waals surface area contributed by atoms with Crippen LogP contribution in [0.4, 0.5) is 0 Å². The molecule has 0 amide bonds. The number of hydrogen-bond acceptors (Lipinski definition) is 0. The molecule has 0 spiro atoms. The molecule has 0 aromatic heterocycles. The van der Waals surface area contributed by atoms with E-state index < -0.39 is 0 Å². The van der Waals surface area contributed by atoms with Crippen LogP contribution in [-0.4, -0.2) is 0 Å². The van der Waals surface area contributed by atoms with Crippen molar-refractivity contribution in [2.24, 2.45) is 5.41 Å². The molecule has 0 atom stereocenters. The van der Waals surface area contributed by atoms with Crippen LogP contribution in [-0.2, 0) is 0 Å². The predicted octanol–water partition coefficient (Wildman–Crippen LogP) is 6.06. The normalized spacial score (nSPS) is 13.4. The third kappa shape index (κ3) is 15.2. The summed E-state index contributed by atoms with van der Waals surface area (Å²) in [6.45, 7) is 9.09. The van der Waals surface area contributed by atoms with Gasteiger partial charge in [-0.15, -0.1) is 0 Å². The van der Waals surface area contributed by atoms with E-state index >= 15 is 0 Å². The molecule has 0 bridgehead atoms. The van der Waals surface area contributed by atoms with E-state index in [4.69, 9.17) is 0 Å². The summed E-state index contributed by atoms with van der Waals surface area (Å²) in [5, 5.41) is 0. The highest BCUT2D eigenvalue weighted by atomic mass is 14.1. The zero-order valence-corrected chi connectivity index (χ0v) is 12.2. The van der Waals surface area contributed by atoms with E-state index in [0.717, 1.165) is 19.3 Å². The average molecular weight is 234 g/mol. The molecule has 0 aliphatic carbocycles. The van der Waals surface area contributed by atoms with Crippen LogP contribution in [0.3, 0.4) is 0 Å². The summed E-state index contributed by atoms with van der Waals surface area (Å²) in [5.74, 6) is 0. The summed E-state index contributed by atoms with van der Waals surface area (Å²) in [7, 11) is 0. The highest BCUT2D eigenvalue weighted by Gasteiger charge is 2.07. The topological polar surface area (TPSA) is 0 Å². The minimum absolute atomic E-state index is 0.485. The molecule has 0 fully saturated rings. The van der Waals surface area contributed by atoms with Crippen molar-refractivity contribution in [3.63, 3.8) is 0 Å². The second-order valence-electron chi connectivity index (χ2n) is 5.75. The average Bonchev–Trinajstić information content (AvgIpc) is 2.24. The molecule has 0 N–H and O–H groups in total. The lowest BCUT2D eigenvalue weighted by atomic mass is 9.90. The Morgan fingerprint density at radius 2 is 1.29 bits per heavy atom. The highest BCUT2D eigenvalue weighted by Crippen LogP contribution is 2.21. The summed E-state index contributed by atoms with van der Waals surface area (Å²) >= 11 is 0. The molecule has 0 aliphatic heterocycles. The minimum Gasteiger partial charge on any atom is -0.0885 e. The fourth-order valence-electron chi connectivity index (χ4n) is 1.58. The summed E-state index contributed by atoms with van der Waals surface area (Å²) in [5.41, 5.74) is 0.485. The van der Waals surface area contributed by atoms with Gasteiger partial charge in [0.1, 0.15) is 0 Å². The lowest BCUT2D eigenvalue weighted by molar-refractivity contribution is 0.367. The molecule has 0 aliphatic rings. The van der Waals surface area contributed by atoms with Gasteiger partial charge in [-0.2, -0.15) is 0 Å². The second kappa shape index (κ2) is 10.4. The Balaban J connectivity index is 3.39. The second-order valence-corrected chi connectivity index (χ2v) is 5.75. The SMILES string of the molecule is CC/C=C\C/C=C/C/C=C/CCCC(C)(C)C. The molecule has 0 radical (unpaired) electrons. The monoisotopic (exact) mass is 234 g/mol. The predicted molar refractivity (Wildman–Crippen MR) is 80.3 cm³/mol. The van der Waals surface area contributed by atoms with Crippen molar-refractivity contribution >= 4 is 0 Å². The smallest absolute Gasteiger partial charge is 0.0169 e. The van der Waals surface area contributed by atoms with Gasteiger partial charge in [-0.05, 0) is 43.9 Å². The van der Waals surface area contributed by atoms with Gasteiger partial charge in [-0.1, -0.05) is 64.2 Å². The van der Waals surface area contributed by atoms with Gasteiger partial charge in [0.15, 0.2) is 0 Å². The van der Waals surface area contributed by atoms with E-state index in [9.17, 15) is 0 Å². The van der Waals surface area contributed by atoms with Crippen molar-refractivity contribution in [3.8, 4) is 0 Å². The molecule has 0 saturated carbocycles. The maximum Gasteiger partial charge on any atom is -0.0169 e. The van der Waals surface area contributed by atoms with Crippen LogP contribution in [0.1, 0.15) is 66.2 Å². The Hall–Kier alpha value is -0.780. The van der Waals surface area contributed by atoms with Crippen molar-refractivity contribution in [2.75, 3.05) is 0 Å². The maximum absolute atomic E-state index is 2.32. The van der Waals surface area contributed by atoms with Gasteiger partial charge in [0.05, 0.1) is 0 Å². The Morgan fingerprint density at radius 1 is 0.765 bits per heavy atom. The Bertz CT molecular complexity index is 235. The van der Waals surface area contributed by atoms with E-state index in [2.05, 4.69) is 64.2 Å². The Kier molecular flexibility index (Phi) is 9.90. The lowest BCUT2D eigenvalue weighted by Gasteiger charge is -2.16. The molecule has 0 heteroatoms. The first kappa shape index (κ1) is 16.2. The summed E-state index contributed by atoms with van der Waals surface area (Å²) in [4.78, 5) is 0. The van der Waals surface area contributed by atoms with Crippen LogP contribution in [0.2, 0.25) is 0 Å². The number of unbranched alkanes of at least 4 members (excludes halogenated alkanes) is 1. The Labute approximate surface area is 109 Å². The molecule has 0 aromatic rings. The van der Waals surface area contributed by atoms with E-state index in [1.807, 2.05) is 0 Å². The van der Waals surface area contributed by atoms with Crippen LogP contribution < -0.4 is 0 Å². The molecule has 17 heavy (non-hydrogen) atoms. The largest absolute Gasteiger partial charge is 0.0885 e. The van der Waals surface area contributed by atoms with Crippen LogP contribution in [0.15, 0.2) is 36.5 Å². The molecule has 0 nitrogen and oxygen atoms in total. The highest BCUT2D eigenvalue weighted by molar-refractivity contribution is 4.96. The molecule has 0 heterocycles. The third-order valence-electron chi connectivity index (χ3n) is 2.58. The molecular weight excluding hydrogens is 204 g/mol. The standard InChI is InChI=1S/C17H30/c1-5-6-7-8-9-10-11-12-13-14-15-16-17(2,3)4/h6-7,9-10,12-13H,5,8,11,14-16H2,1-4H3/b7-6-,10-9+,13-12+. The molecular formula is C17H30. The third-order valence-corrected chi connectivity index (χ3v) is 2.58. The zero-order chi connectivity index (χ0) is 13.0. The fourth-order valence-corrected chi connectivity index (χ4v) is 1.58. The maximum atomic E-state index is 2.32. The molecule has 0 saturated heterocycles. The Morgan fingerprint density at radius 3 is 1.82 bits per heavy atom. The van der Waals surface area contributed by atoms with Crippen LogP contribution >= 0.6 is 0 Å². The summed E-state index contributed by atoms with van der Waals surface area (Å²) < 4.78 is 0. The minimum atomic E-state index is 0.485. The molecule has 0 unspecified atom stereocenters. The molecule has 0 aromatic carbocycles. The number of allylic oxidation sites excluding steroid dienone is 6. The van der Waals surface area contributed by atoms with Crippen molar-refractivity contribution in [1.29, 1.82) is 0 Å². The van der Waals surface area contributed by atoms with Gasteiger partial charge in [-0.25, -0.2) is 0 Å². The van der Waals surface area contributed by atoms with Crippen LogP contribution in [0.25, 0.3) is 0 Å². The number of hydrogen-bond donors (Lipinski definition) is 0. The number of rotatable bonds is 8. The quantitative estimate of drug-likeness (QED) is 0.353. The lowest BCUT2D eigenvalue weighted by Crippen LogP contribution is -2.03.